The molecule has 7 N–H and O–H groups in total. The zero-order valence-corrected chi connectivity index (χ0v) is 8.27. The Labute approximate surface area is 90.1 Å². The van der Waals surface area contributed by atoms with Crippen molar-refractivity contribution in [2.24, 2.45) is 16.5 Å². The molecule has 1 aromatic heterocycles. The van der Waals surface area contributed by atoms with Gasteiger partial charge >= 0.3 is 0 Å². The van der Waals surface area contributed by atoms with Gasteiger partial charge in [0.25, 0.3) is 5.56 Å². The van der Waals surface area contributed by atoms with Crippen LogP contribution in [0.1, 0.15) is 0 Å². The fraction of sp³-hybridized carbons (Fsp3) is 0. The van der Waals surface area contributed by atoms with Crippen LogP contribution >= 0.6 is 0 Å². The maximum Gasteiger partial charge on any atom is 0.260 e. The van der Waals surface area contributed by atoms with Crippen molar-refractivity contribution in [2.45, 2.75) is 0 Å². The molecule has 0 bridgehead atoms. The summed E-state index contributed by atoms with van der Waals surface area (Å²) in [6, 6.07) is 6.95. The Balaban J connectivity index is 0.00000128. The summed E-state index contributed by atoms with van der Waals surface area (Å²) in [6.45, 7) is 0. The fourth-order valence-corrected chi connectivity index (χ4v) is 1.25. The van der Waals surface area contributed by atoms with Crippen LogP contribution in [-0.4, -0.2) is 21.4 Å². The molecule has 7 heteroatoms. The molecule has 0 spiro atoms. The number of aliphatic imine (C=N–C) groups is 1. The standard InChI is InChI=1S/C9H9N5O.H2O/c10-8(11)14-9-12-6-4-2-1-3-5(6)7(15)13-9;/h1-4H,(H5,10,11,12,13,14,15);1H2. The SMILES string of the molecule is NC(N)=Nc1nc2ccccc2c(=O)[nH]1.O. The van der Waals surface area contributed by atoms with Gasteiger partial charge in [-0.15, -0.1) is 0 Å². The van der Waals surface area contributed by atoms with E-state index in [4.69, 9.17) is 11.5 Å². The molecule has 16 heavy (non-hydrogen) atoms. The predicted octanol–water partition coefficient (Wildman–Crippen LogP) is -0.997. The lowest BCUT2D eigenvalue weighted by atomic mass is 10.2. The molecule has 0 atom stereocenters. The van der Waals surface area contributed by atoms with Gasteiger partial charge in [0.05, 0.1) is 10.9 Å². The lowest BCUT2D eigenvalue weighted by Gasteiger charge is -1.97. The number of nitrogens with zero attached hydrogens (tertiary/aromatic N) is 2. The number of rotatable bonds is 1. The quantitative estimate of drug-likeness (QED) is 0.419. The number of aromatic amines is 1. The van der Waals surface area contributed by atoms with E-state index in [1.54, 1.807) is 24.3 Å². The molecular weight excluding hydrogens is 210 g/mol. The molecule has 2 rings (SSSR count). The number of para-hydroxylation sites is 1. The number of nitrogens with one attached hydrogen (secondary N) is 1. The largest absolute Gasteiger partial charge is 0.412 e. The van der Waals surface area contributed by atoms with E-state index < -0.39 is 0 Å². The van der Waals surface area contributed by atoms with Crippen LogP contribution in [0.5, 0.6) is 0 Å². The number of nitrogens with two attached hydrogens (primary N) is 2. The van der Waals surface area contributed by atoms with E-state index >= 15 is 0 Å². The molecule has 1 aromatic carbocycles. The second-order valence-corrected chi connectivity index (χ2v) is 2.94. The lowest BCUT2D eigenvalue weighted by molar-refractivity contribution is 0.824. The summed E-state index contributed by atoms with van der Waals surface area (Å²) < 4.78 is 0. The molecule has 0 unspecified atom stereocenters. The average Bonchev–Trinajstić information content (AvgIpc) is 2.16. The Morgan fingerprint density at radius 1 is 1.31 bits per heavy atom. The van der Waals surface area contributed by atoms with E-state index in [0.717, 1.165) is 0 Å². The molecule has 0 aliphatic heterocycles. The van der Waals surface area contributed by atoms with Gasteiger partial charge in [0.1, 0.15) is 0 Å². The highest BCUT2D eigenvalue weighted by Gasteiger charge is 2.01. The fourth-order valence-electron chi connectivity index (χ4n) is 1.25. The highest BCUT2D eigenvalue weighted by molar-refractivity contribution is 5.80. The van der Waals surface area contributed by atoms with E-state index in [2.05, 4.69) is 15.0 Å². The molecule has 0 saturated carbocycles. The number of benzene rings is 1. The summed E-state index contributed by atoms with van der Waals surface area (Å²) in [5.74, 6) is -0.0351. The topological polar surface area (TPSA) is 142 Å². The van der Waals surface area contributed by atoms with Crippen molar-refractivity contribution in [1.29, 1.82) is 0 Å². The third-order valence-electron chi connectivity index (χ3n) is 1.84. The first-order valence-electron chi connectivity index (χ1n) is 4.25. The summed E-state index contributed by atoms with van der Waals surface area (Å²) >= 11 is 0. The van der Waals surface area contributed by atoms with Crippen LogP contribution < -0.4 is 17.0 Å². The third kappa shape index (κ3) is 2.15. The second-order valence-electron chi connectivity index (χ2n) is 2.94. The number of hydrogen-bond acceptors (Lipinski definition) is 3. The molecule has 2 aromatic rings. The monoisotopic (exact) mass is 221 g/mol. The molecule has 7 nitrogen and oxygen atoms in total. The molecule has 0 fully saturated rings. The minimum atomic E-state index is -0.263. The van der Waals surface area contributed by atoms with Crippen LogP contribution in [0, 0.1) is 0 Å². The van der Waals surface area contributed by atoms with Gasteiger partial charge in [-0.2, -0.15) is 4.99 Å². The van der Waals surface area contributed by atoms with Gasteiger partial charge in [-0.25, -0.2) is 4.98 Å². The second kappa shape index (κ2) is 4.41. The van der Waals surface area contributed by atoms with Crippen LogP contribution in [-0.2, 0) is 0 Å². The first kappa shape index (κ1) is 11.7. The molecule has 0 amide bonds. The number of aromatic nitrogens is 2. The Bertz CT molecular complexity index is 586. The molecule has 0 radical (unpaired) electrons. The van der Waals surface area contributed by atoms with Crippen LogP contribution in [0.25, 0.3) is 10.9 Å². The van der Waals surface area contributed by atoms with Gasteiger partial charge in [-0.1, -0.05) is 12.1 Å². The smallest absolute Gasteiger partial charge is 0.260 e. The maximum absolute atomic E-state index is 11.5. The van der Waals surface area contributed by atoms with E-state index in [1.165, 1.54) is 0 Å². The molecular formula is C9H11N5O2. The van der Waals surface area contributed by atoms with Crippen molar-refractivity contribution >= 4 is 22.8 Å². The molecule has 0 aliphatic carbocycles. The zero-order chi connectivity index (χ0) is 10.8. The summed E-state index contributed by atoms with van der Waals surface area (Å²) in [6.07, 6.45) is 0. The van der Waals surface area contributed by atoms with Crippen LogP contribution in [0.4, 0.5) is 5.95 Å². The summed E-state index contributed by atoms with van der Waals surface area (Å²) in [5, 5.41) is 0.507. The van der Waals surface area contributed by atoms with Crippen molar-refractivity contribution in [3.63, 3.8) is 0 Å². The van der Waals surface area contributed by atoms with Crippen molar-refractivity contribution in [3.05, 3.63) is 34.6 Å². The first-order chi connectivity index (χ1) is 7.16. The zero-order valence-electron chi connectivity index (χ0n) is 8.27. The number of H-pyrrole nitrogens is 1. The minimum absolute atomic E-state index is 0. The number of hydrogen-bond donors (Lipinski definition) is 3. The molecule has 0 saturated heterocycles. The summed E-state index contributed by atoms with van der Waals surface area (Å²) in [7, 11) is 0. The summed E-state index contributed by atoms with van der Waals surface area (Å²) in [4.78, 5) is 21.8. The molecule has 1 heterocycles. The highest BCUT2D eigenvalue weighted by Crippen LogP contribution is 2.09. The van der Waals surface area contributed by atoms with Gasteiger partial charge < -0.3 is 16.9 Å². The van der Waals surface area contributed by atoms with Crippen molar-refractivity contribution in [3.8, 4) is 0 Å². The number of fused-ring (bicyclic) bond motifs is 1. The van der Waals surface area contributed by atoms with Crippen molar-refractivity contribution in [2.75, 3.05) is 0 Å². The number of guanidine groups is 1. The first-order valence-corrected chi connectivity index (χ1v) is 4.25. The summed E-state index contributed by atoms with van der Waals surface area (Å²) in [5.41, 5.74) is 10.7. The van der Waals surface area contributed by atoms with Crippen LogP contribution in [0.15, 0.2) is 34.1 Å². The third-order valence-corrected chi connectivity index (χ3v) is 1.84. The normalized spacial score (nSPS) is 9.50. The van der Waals surface area contributed by atoms with Crippen LogP contribution in [0.3, 0.4) is 0 Å². The molecule has 0 aliphatic rings. The van der Waals surface area contributed by atoms with Gasteiger partial charge in [0.2, 0.25) is 5.95 Å². The van der Waals surface area contributed by atoms with E-state index in [1.807, 2.05) is 0 Å². The van der Waals surface area contributed by atoms with Gasteiger partial charge in [-0.3, -0.25) is 9.78 Å². The Hall–Kier alpha value is -2.41. The Kier molecular flexibility index (Phi) is 3.21. The van der Waals surface area contributed by atoms with Gasteiger partial charge in [0.15, 0.2) is 5.96 Å². The maximum atomic E-state index is 11.5. The lowest BCUT2D eigenvalue weighted by Crippen LogP contribution is -2.22. The minimum Gasteiger partial charge on any atom is -0.412 e. The van der Waals surface area contributed by atoms with Gasteiger partial charge in [0, 0.05) is 0 Å². The van der Waals surface area contributed by atoms with Gasteiger partial charge in [-0.05, 0) is 12.1 Å². The van der Waals surface area contributed by atoms with Crippen molar-refractivity contribution in [1.82, 2.24) is 9.97 Å². The highest BCUT2D eigenvalue weighted by atomic mass is 16.1. The van der Waals surface area contributed by atoms with E-state index in [-0.39, 0.29) is 22.9 Å². The van der Waals surface area contributed by atoms with E-state index in [9.17, 15) is 4.79 Å². The van der Waals surface area contributed by atoms with Crippen molar-refractivity contribution < 1.29 is 5.48 Å². The Morgan fingerprint density at radius 3 is 2.69 bits per heavy atom. The van der Waals surface area contributed by atoms with E-state index in [0.29, 0.717) is 10.9 Å². The predicted molar refractivity (Wildman–Crippen MR) is 61.4 cm³/mol. The Morgan fingerprint density at radius 2 is 2.00 bits per heavy atom. The molecule has 84 valence electrons. The van der Waals surface area contributed by atoms with Crippen LogP contribution in [0.2, 0.25) is 0 Å². The average molecular weight is 221 g/mol.